The Labute approximate surface area is 161 Å². The average Bonchev–Trinajstić information content (AvgIpc) is 2.64. The first-order valence-corrected chi connectivity index (χ1v) is 9.42. The maximum atomic E-state index is 13.3. The molecule has 0 aliphatic heterocycles. The third-order valence-corrected chi connectivity index (χ3v) is 4.84. The van der Waals surface area contributed by atoms with E-state index >= 15 is 0 Å². The summed E-state index contributed by atoms with van der Waals surface area (Å²) in [5.41, 5.74) is 13.5. The lowest BCUT2D eigenvalue weighted by molar-refractivity contribution is 0.628. The number of hydrogen-bond acceptors (Lipinski definition) is 2. The van der Waals surface area contributed by atoms with Crippen LogP contribution in [0.4, 0.5) is 21.5 Å². The van der Waals surface area contributed by atoms with Gasteiger partial charge in [-0.3, -0.25) is 0 Å². The normalized spacial score (nSPS) is 11.2. The topological polar surface area (TPSA) is 38.0 Å². The molecule has 0 aliphatic carbocycles. The van der Waals surface area contributed by atoms with Gasteiger partial charge < -0.3 is 11.1 Å². The van der Waals surface area contributed by atoms with Gasteiger partial charge in [0.1, 0.15) is 5.82 Å². The second kappa shape index (κ2) is 7.83. The number of benzene rings is 3. The number of nitrogens with one attached hydrogen (secondary N) is 1. The number of rotatable bonds is 5. The molecule has 0 saturated carbocycles. The van der Waals surface area contributed by atoms with E-state index in [2.05, 4.69) is 45.1 Å². The molecule has 2 nitrogen and oxygen atoms in total. The highest BCUT2D eigenvalue weighted by Gasteiger charge is 2.17. The van der Waals surface area contributed by atoms with Crippen molar-refractivity contribution in [1.29, 1.82) is 0 Å². The first-order valence-electron chi connectivity index (χ1n) is 9.42. The average molecular weight is 362 g/mol. The molecule has 3 rings (SSSR count). The molecule has 0 amide bonds. The monoisotopic (exact) mass is 362 g/mol. The Bertz CT molecular complexity index is 898. The van der Waals surface area contributed by atoms with E-state index in [4.69, 9.17) is 5.73 Å². The Balaban J connectivity index is 2.17. The van der Waals surface area contributed by atoms with Gasteiger partial charge in [0.15, 0.2) is 0 Å². The van der Waals surface area contributed by atoms with Crippen molar-refractivity contribution in [2.24, 2.45) is 0 Å². The summed E-state index contributed by atoms with van der Waals surface area (Å²) in [7, 11) is 0. The molecule has 0 saturated heterocycles. The van der Waals surface area contributed by atoms with Gasteiger partial charge in [-0.15, -0.1) is 0 Å². The number of halogens is 1. The summed E-state index contributed by atoms with van der Waals surface area (Å²) in [6, 6.07) is 18.9. The molecule has 3 N–H and O–H groups in total. The van der Waals surface area contributed by atoms with Crippen LogP contribution in [-0.4, -0.2) is 0 Å². The molecule has 3 aromatic carbocycles. The molecule has 0 spiro atoms. The number of nitrogen functional groups attached to an aromatic ring is 1. The molecule has 0 atom stereocenters. The van der Waals surface area contributed by atoms with Gasteiger partial charge in [0.2, 0.25) is 0 Å². The Hall–Kier alpha value is -2.81. The van der Waals surface area contributed by atoms with Crippen LogP contribution < -0.4 is 11.1 Å². The van der Waals surface area contributed by atoms with Crippen molar-refractivity contribution >= 4 is 17.1 Å². The van der Waals surface area contributed by atoms with Crippen molar-refractivity contribution in [2.75, 3.05) is 11.1 Å². The zero-order valence-corrected chi connectivity index (χ0v) is 16.4. The van der Waals surface area contributed by atoms with Gasteiger partial charge in [-0.05, 0) is 70.5 Å². The fraction of sp³-hybridized carbons (Fsp3) is 0.250. The van der Waals surface area contributed by atoms with Gasteiger partial charge in [-0.1, -0.05) is 52.0 Å². The molecule has 3 heteroatoms. The van der Waals surface area contributed by atoms with Gasteiger partial charge >= 0.3 is 0 Å². The lowest BCUT2D eigenvalue weighted by atomic mass is 9.88. The molecule has 0 bridgehead atoms. The molecule has 140 valence electrons. The highest BCUT2D eigenvalue weighted by molar-refractivity contribution is 5.79. The summed E-state index contributed by atoms with van der Waals surface area (Å²) in [6.07, 6.45) is 0. The van der Waals surface area contributed by atoms with Gasteiger partial charge in [0.05, 0.1) is 11.4 Å². The van der Waals surface area contributed by atoms with Crippen molar-refractivity contribution in [3.05, 3.63) is 77.6 Å². The first kappa shape index (κ1) is 19.0. The summed E-state index contributed by atoms with van der Waals surface area (Å²) in [5.74, 6) is 0.440. The van der Waals surface area contributed by atoms with Gasteiger partial charge in [0.25, 0.3) is 0 Å². The fourth-order valence-electron chi connectivity index (χ4n) is 3.30. The second-order valence-corrected chi connectivity index (χ2v) is 7.56. The minimum absolute atomic E-state index is 0.218. The zero-order valence-electron chi connectivity index (χ0n) is 16.4. The number of para-hydroxylation sites is 2. The molecule has 0 fully saturated rings. The van der Waals surface area contributed by atoms with Crippen molar-refractivity contribution in [2.45, 2.75) is 39.5 Å². The van der Waals surface area contributed by atoms with E-state index in [0.717, 1.165) is 28.2 Å². The molecule has 0 unspecified atom stereocenters. The summed E-state index contributed by atoms with van der Waals surface area (Å²) in [4.78, 5) is 0. The first-order chi connectivity index (χ1) is 12.9. The predicted molar refractivity (Wildman–Crippen MR) is 114 cm³/mol. The van der Waals surface area contributed by atoms with Crippen LogP contribution in [0.25, 0.3) is 11.1 Å². The molecule has 3 aromatic rings. The maximum Gasteiger partial charge on any atom is 0.123 e. The van der Waals surface area contributed by atoms with E-state index in [1.165, 1.54) is 23.3 Å². The van der Waals surface area contributed by atoms with Gasteiger partial charge in [0, 0.05) is 5.69 Å². The van der Waals surface area contributed by atoms with E-state index < -0.39 is 0 Å². The Morgan fingerprint density at radius 1 is 0.778 bits per heavy atom. The zero-order chi connectivity index (χ0) is 19.6. The molecule has 27 heavy (non-hydrogen) atoms. The number of hydrogen-bond donors (Lipinski definition) is 2. The fourth-order valence-corrected chi connectivity index (χ4v) is 3.30. The van der Waals surface area contributed by atoms with Crippen LogP contribution in [-0.2, 0) is 0 Å². The van der Waals surface area contributed by atoms with Crippen LogP contribution in [0.15, 0.2) is 60.7 Å². The van der Waals surface area contributed by atoms with Crippen molar-refractivity contribution in [3.8, 4) is 11.1 Å². The van der Waals surface area contributed by atoms with Crippen LogP contribution in [0.5, 0.6) is 0 Å². The largest absolute Gasteiger partial charge is 0.397 e. The van der Waals surface area contributed by atoms with Crippen molar-refractivity contribution in [3.63, 3.8) is 0 Å². The number of anilines is 3. The SMILES string of the molecule is CC(C)c1cc(-c2ccc(F)cc2)cc(C(C)C)c1Nc1ccccc1N. The van der Waals surface area contributed by atoms with Crippen LogP contribution in [0.2, 0.25) is 0 Å². The lowest BCUT2D eigenvalue weighted by Crippen LogP contribution is -2.06. The lowest BCUT2D eigenvalue weighted by Gasteiger charge is -2.23. The van der Waals surface area contributed by atoms with Crippen LogP contribution >= 0.6 is 0 Å². The third-order valence-electron chi connectivity index (χ3n) is 4.84. The van der Waals surface area contributed by atoms with E-state index in [1.54, 1.807) is 0 Å². The molecule has 0 radical (unpaired) electrons. The van der Waals surface area contributed by atoms with Crippen LogP contribution in [0.3, 0.4) is 0 Å². The van der Waals surface area contributed by atoms with E-state index in [1.807, 2.05) is 36.4 Å². The van der Waals surface area contributed by atoms with Crippen molar-refractivity contribution < 1.29 is 4.39 Å². The minimum atomic E-state index is -0.218. The Morgan fingerprint density at radius 2 is 1.33 bits per heavy atom. The minimum Gasteiger partial charge on any atom is -0.397 e. The Kier molecular flexibility index (Phi) is 5.50. The summed E-state index contributed by atoms with van der Waals surface area (Å²) < 4.78 is 13.3. The predicted octanol–water partition coefficient (Wildman–Crippen LogP) is 7.07. The quantitative estimate of drug-likeness (QED) is 0.477. The van der Waals surface area contributed by atoms with E-state index in [9.17, 15) is 4.39 Å². The summed E-state index contributed by atoms with van der Waals surface area (Å²) in [6.45, 7) is 8.75. The van der Waals surface area contributed by atoms with Gasteiger partial charge in [-0.2, -0.15) is 0 Å². The highest BCUT2D eigenvalue weighted by Crippen LogP contribution is 2.39. The molecule has 0 heterocycles. The Morgan fingerprint density at radius 3 is 1.85 bits per heavy atom. The van der Waals surface area contributed by atoms with Crippen LogP contribution in [0.1, 0.15) is 50.7 Å². The number of nitrogens with two attached hydrogens (primary N) is 1. The smallest absolute Gasteiger partial charge is 0.123 e. The van der Waals surface area contributed by atoms with E-state index in [0.29, 0.717) is 11.8 Å². The van der Waals surface area contributed by atoms with E-state index in [-0.39, 0.29) is 5.82 Å². The van der Waals surface area contributed by atoms with Gasteiger partial charge in [-0.25, -0.2) is 4.39 Å². The molecule has 0 aromatic heterocycles. The molecular formula is C24H27FN2. The summed E-state index contributed by atoms with van der Waals surface area (Å²) in [5, 5.41) is 3.57. The summed E-state index contributed by atoms with van der Waals surface area (Å²) >= 11 is 0. The van der Waals surface area contributed by atoms with Crippen molar-refractivity contribution in [1.82, 2.24) is 0 Å². The molecular weight excluding hydrogens is 335 g/mol. The standard InChI is InChI=1S/C24H27FN2/c1-15(2)20-13-18(17-9-11-19(25)12-10-17)14-21(16(3)4)24(20)27-23-8-6-5-7-22(23)26/h5-16,27H,26H2,1-4H3. The highest BCUT2D eigenvalue weighted by atomic mass is 19.1. The van der Waals surface area contributed by atoms with Crippen LogP contribution in [0, 0.1) is 5.82 Å². The maximum absolute atomic E-state index is 13.3. The second-order valence-electron chi connectivity index (χ2n) is 7.56. The molecule has 0 aliphatic rings. The third kappa shape index (κ3) is 4.13.